The minimum atomic E-state index is -0.887. The Balaban J connectivity index is 1.14. The van der Waals surface area contributed by atoms with Crippen LogP contribution >= 0.6 is 11.6 Å². The van der Waals surface area contributed by atoms with E-state index in [1.807, 2.05) is 11.8 Å². The second-order valence-electron chi connectivity index (χ2n) is 11.8. The zero-order valence-corrected chi connectivity index (χ0v) is 26.6. The Morgan fingerprint density at radius 2 is 1.65 bits per heavy atom. The molecule has 0 unspecified atom stereocenters. The van der Waals surface area contributed by atoms with Gasteiger partial charge in [-0.3, -0.25) is 19.7 Å². The van der Waals surface area contributed by atoms with Gasteiger partial charge in [-0.2, -0.15) is 0 Å². The second kappa shape index (κ2) is 12.0. The monoisotopic (exact) mass is 678 g/mol. The first-order chi connectivity index (χ1) is 23.0. The van der Waals surface area contributed by atoms with Gasteiger partial charge in [0.15, 0.2) is 0 Å². The third kappa shape index (κ3) is 5.63. The lowest BCUT2D eigenvalue weighted by Crippen LogP contribution is -2.48. The minimum Gasteiger partial charge on any atom is -0.403 e. The summed E-state index contributed by atoms with van der Waals surface area (Å²) < 4.78 is 38.8. The van der Waals surface area contributed by atoms with Crippen LogP contribution in [0.2, 0.25) is 5.02 Å². The first-order valence-electron chi connectivity index (χ1n) is 15.3. The molecular formula is C32H29ClF2N8O5. The van der Waals surface area contributed by atoms with E-state index in [0.717, 1.165) is 18.9 Å². The normalized spacial score (nSPS) is 14.9. The molecule has 16 heteroatoms. The Hall–Kier alpha value is -5.31. The zero-order valence-electron chi connectivity index (χ0n) is 25.8. The average Bonchev–Trinajstić information content (AvgIpc) is 3.81. The van der Waals surface area contributed by atoms with Gasteiger partial charge in [-0.1, -0.05) is 16.7 Å². The topological polar surface area (TPSA) is 148 Å². The number of benzene rings is 2. The number of nitrogens with one attached hydrogen (secondary N) is 2. The molecule has 5 aromatic rings. The van der Waals surface area contributed by atoms with Crippen molar-refractivity contribution in [3.63, 3.8) is 0 Å². The van der Waals surface area contributed by atoms with Gasteiger partial charge in [0.1, 0.15) is 22.9 Å². The average molecular weight is 679 g/mol. The number of aryl methyl sites for hydroxylation is 1. The number of rotatable bonds is 6. The molecule has 3 amide bonds. The molecule has 1 aliphatic heterocycles. The summed E-state index contributed by atoms with van der Waals surface area (Å²) in [5.41, 5.74) is 0.0288. The smallest absolute Gasteiger partial charge is 0.327 e. The van der Waals surface area contributed by atoms with Crippen molar-refractivity contribution in [2.45, 2.75) is 39.3 Å². The van der Waals surface area contributed by atoms with E-state index in [9.17, 15) is 23.6 Å². The second-order valence-corrected chi connectivity index (χ2v) is 12.2. The number of pyridine rings is 2. The molecule has 0 spiro atoms. The van der Waals surface area contributed by atoms with Crippen LogP contribution in [0.1, 0.15) is 32.7 Å². The number of piperazine rings is 1. The molecule has 48 heavy (non-hydrogen) atoms. The molecule has 1 saturated carbocycles. The quantitative estimate of drug-likeness (QED) is 0.256. The van der Waals surface area contributed by atoms with Crippen LogP contribution in [0.3, 0.4) is 0 Å². The summed E-state index contributed by atoms with van der Waals surface area (Å²) in [5, 5.41) is 12.6. The van der Waals surface area contributed by atoms with Crippen molar-refractivity contribution in [1.82, 2.24) is 24.2 Å². The van der Waals surface area contributed by atoms with Gasteiger partial charge in [-0.15, -0.1) is 5.10 Å². The minimum absolute atomic E-state index is 0.00457. The van der Waals surface area contributed by atoms with Crippen molar-refractivity contribution in [2.75, 3.05) is 41.7 Å². The van der Waals surface area contributed by atoms with Gasteiger partial charge < -0.3 is 28.7 Å². The predicted octanol–water partition coefficient (Wildman–Crippen LogP) is 4.97. The SMILES string of the molecule is CCn1cc(-c2nnc(NC(=O)Nc3cn(C4CC4)c4cc(Cl)c(F)cc4c3=O)o2)c(=O)c2cc(F)c(N3CCN(C(C)=O)CC3)cc21. The molecule has 2 aromatic carbocycles. The maximum absolute atomic E-state index is 15.4. The number of urea groups is 1. The Bertz CT molecular complexity index is 2260. The Morgan fingerprint density at radius 1 is 0.938 bits per heavy atom. The summed E-state index contributed by atoms with van der Waals surface area (Å²) in [6.07, 6.45) is 4.71. The van der Waals surface area contributed by atoms with E-state index in [1.54, 1.807) is 20.1 Å². The standard InChI is InChI=1S/C32H29ClF2N8O5/c1-3-40-14-20(28(45)18-11-23(35)27(13-25(18)40)42-8-6-41(7-9-42)16(2)44)30-38-39-32(48-30)37-31(47)36-24-15-43(17-4-5-17)26-12-21(33)22(34)10-19(26)29(24)46/h10-15,17H,3-9H2,1-2H3,(H2,36,37,39,47). The number of amides is 3. The van der Waals surface area contributed by atoms with Gasteiger partial charge in [0.05, 0.1) is 27.1 Å². The largest absolute Gasteiger partial charge is 0.403 e. The van der Waals surface area contributed by atoms with Crippen molar-refractivity contribution < 1.29 is 22.8 Å². The van der Waals surface area contributed by atoms with Crippen LogP contribution in [0.15, 0.2) is 50.7 Å². The third-order valence-corrected chi connectivity index (χ3v) is 8.98. The van der Waals surface area contributed by atoms with Crippen molar-refractivity contribution in [1.29, 1.82) is 0 Å². The molecule has 3 aromatic heterocycles. The van der Waals surface area contributed by atoms with Crippen molar-refractivity contribution in [2.24, 2.45) is 0 Å². The first kappa shape index (κ1) is 31.3. The number of hydrogen-bond acceptors (Lipinski definition) is 8. The van der Waals surface area contributed by atoms with Crippen LogP contribution in [-0.4, -0.2) is 62.3 Å². The Kier molecular flexibility index (Phi) is 7.86. The summed E-state index contributed by atoms with van der Waals surface area (Å²) in [5.74, 6) is -1.58. The zero-order chi connectivity index (χ0) is 33.9. The predicted molar refractivity (Wildman–Crippen MR) is 176 cm³/mol. The highest BCUT2D eigenvalue weighted by Gasteiger charge is 2.27. The number of nitrogens with zero attached hydrogens (tertiary/aromatic N) is 6. The summed E-state index contributed by atoms with van der Waals surface area (Å²) >= 11 is 5.96. The van der Waals surface area contributed by atoms with Gasteiger partial charge in [0, 0.05) is 63.5 Å². The highest BCUT2D eigenvalue weighted by Crippen LogP contribution is 2.38. The van der Waals surface area contributed by atoms with E-state index >= 15 is 4.39 Å². The fourth-order valence-corrected chi connectivity index (χ4v) is 6.20. The summed E-state index contributed by atoms with van der Waals surface area (Å²) in [6.45, 7) is 5.62. The number of fused-ring (bicyclic) bond motifs is 2. The van der Waals surface area contributed by atoms with Gasteiger partial charge in [0.2, 0.25) is 16.8 Å². The molecule has 1 aliphatic carbocycles. The molecule has 4 heterocycles. The highest BCUT2D eigenvalue weighted by molar-refractivity contribution is 6.31. The van der Waals surface area contributed by atoms with Crippen LogP contribution in [0, 0.1) is 11.6 Å². The fourth-order valence-electron chi connectivity index (χ4n) is 6.04. The summed E-state index contributed by atoms with van der Waals surface area (Å²) in [4.78, 5) is 54.9. The van der Waals surface area contributed by atoms with Crippen molar-refractivity contribution in [3.05, 3.63) is 73.8 Å². The van der Waals surface area contributed by atoms with E-state index in [0.29, 0.717) is 49.4 Å². The molecule has 0 radical (unpaired) electrons. The van der Waals surface area contributed by atoms with Gasteiger partial charge in [0.25, 0.3) is 5.89 Å². The lowest BCUT2D eigenvalue weighted by molar-refractivity contribution is -0.129. The summed E-state index contributed by atoms with van der Waals surface area (Å²) in [7, 11) is 0. The number of carbonyl (C=O) groups excluding carboxylic acids is 2. The maximum Gasteiger partial charge on any atom is 0.327 e. The lowest BCUT2D eigenvalue weighted by Gasteiger charge is -2.36. The number of carbonyl (C=O) groups is 2. The first-order valence-corrected chi connectivity index (χ1v) is 15.7. The maximum atomic E-state index is 15.4. The third-order valence-electron chi connectivity index (χ3n) is 8.69. The van der Waals surface area contributed by atoms with Gasteiger partial charge in [-0.25, -0.2) is 13.6 Å². The molecule has 2 N–H and O–H groups in total. The molecule has 1 saturated heterocycles. The number of halogens is 3. The molecule has 248 valence electrons. The van der Waals surface area contributed by atoms with E-state index in [1.165, 1.54) is 31.5 Å². The molecule has 0 bridgehead atoms. The number of aromatic nitrogens is 4. The van der Waals surface area contributed by atoms with E-state index in [4.69, 9.17) is 16.0 Å². The van der Waals surface area contributed by atoms with E-state index < -0.39 is 28.5 Å². The Labute approximate surface area is 275 Å². The molecule has 13 nitrogen and oxygen atoms in total. The van der Waals surface area contributed by atoms with Crippen molar-refractivity contribution in [3.8, 4) is 11.5 Å². The van der Waals surface area contributed by atoms with Crippen LogP contribution < -0.4 is 26.4 Å². The lowest BCUT2D eigenvalue weighted by atomic mass is 10.1. The van der Waals surface area contributed by atoms with Crippen LogP contribution in [-0.2, 0) is 11.3 Å². The van der Waals surface area contributed by atoms with Crippen LogP contribution in [0.4, 0.5) is 31.0 Å². The van der Waals surface area contributed by atoms with Crippen LogP contribution in [0.5, 0.6) is 0 Å². The molecule has 7 rings (SSSR count). The molecular weight excluding hydrogens is 650 g/mol. The van der Waals surface area contributed by atoms with Gasteiger partial charge >= 0.3 is 12.0 Å². The fraction of sp³-hybridized carbons (Fsp3) is 0.312. The van der Waals surface area contributed by atoms with Gasteiger partial charge in [-0.05, 0) is 44.0 Å². The Morgan fingerprint density at radius 3 is 2.33 bits per heavy atom. The molecule has 2 aliphatic rings. The van der Waals surface area contributed by atoms with Crippen LogP contribution in [0.25, 0.3) is 33.3 Å². The summed E-state index contributed by atoms with van der Waals surface area (Å²) in [6, 6.07) is 4.07. The number of anilines is 3. The highest BCUT2D eigenvalue weighted by atomic mass is 35.5. The molecule has 2 fully saturated rings. The van der Waals surface area contributed by atoms with E-state index in [2.05, 4.69) is 20.8 Å². The van der Waals surface area contributed by atoms with E-state index in [-0.39, 0.29) is 50.9 Å². The number of hydrogen-bond donors (Lipinski definition) is 2. The molecule has 0 atom stereocenters. The van der Waals surface area contributed by atoms with Crippen molar-refractivity contribution >= 4 is 62.7 Å².